The maximum atomic E-state index is 13.2. The molecule has 1 aliphatic heterocycles. The standard InChI is InChI=1S/C17H24N4O3S/c1-4-21-14(3)17(13(2)19-21)25(22,23)20-11-5-6-16(12-20)24-15-7-9-18-10-8-15/h7-10,16H,4-6,11-12H2,1-3H3. The molecule has 2 aromatic heterocycles. The second-order valence-corrected chi connectivity index (χ2v) is 8.12. The normalized spacial score (nSPS) is 19.1. The van der Waals surface area contributed by atoms with Gasteiger partial charge in [-0.2, -0.15) is 9.40 Å². The lowest BCUT2D eigenvalue weighted by molar-refractivity contribution is 0.129. The lowest BCUT2D eigenvalue weighted by Gasteiger charge is -2.32. The van der Waals surface area contributed by atoms with Gasteiger partial charge < -0.3 is 4.74 Å². The van der Waals surface area contributed by atoms with Crippen LogP contribution in [0.5, 0.6) is 5.75 Å². The van der Waals surface area contributed by atoms with Crippen LogP contribution in [0.25, 0.3) is 0 Å². The molecule has 1 unspecified atom stereocenters. The molecule has 0 saturated carbocycles. The summed E-state index contributed by atoms with van der Waals surface area (Å²) in [7, 11) is -3.58. The van der Waals surface area contributed by atoms with Crippen LogP contribution in [0.4, 0.5) is 0 Å². The van der Waals surface area contributed by atoms with E-state index in [0.29, 0.717) is 41.7 Å². The van der Waals surface area contributed by atoms with E-state index in [2.05, 4.69) is 10.1 Å². The Morgan fingerprint density at radius 1 is 1.28 bits per heavy atom. The van der Waals surface area contributed by atoms with Crippen molar-refractivity contribution in [2.45, 2.75) is 51.2 Å². The van der Waals surface area contributed by atoms with E-state index < -0.39 is 10.0 Å². The molecule has 1 saturated heterocycles. The van der Waals surface area contributed by atoms with Gasteiger partial charge in [0, 0.05) is 25.5 Å². The first kappa shape index (κ1) is 17.9. The number of ether oxygens (including phenoxy) is 1. The van der Waals surface area contributed by atoms with Crippen LogP contribution >= 0.6 is 0 Å². The van der Waals surface area contributed by atoms with Crippen molar-refractivity contribution in [2.24, 2.45) is 0 Å². The molecule has 0 radical (unpaired) electrons. The number of nitrogens with zero attached hydrogens (tertiary/aromatic N) is 4. The van der Waals surface area contributed by atoms with E-state index in [-0.39, 0.29) is 6.10 Å². The smallest absolute Gasteiger partial charge is 0.246 e. The summed E-state index contributed by atoms with van der Waals surface area (Å²) < 4.78 is 35.5. The maximum absolute atomic E-state index is 13.2. The first-order chi connectivity index (χ1) is 11.9. The minimum atomic E-state index is -3.58. The summed E-state index contributed by atoms with van der Waals surface area (Å²) in [5.74, 6) is 0.713. The average molecular weight is 364 g/mol. The fourth-order valence-corrected chi connectivity index (χ4v) is 5.20. The van der Waals surface area contributed by atoms with Crippen LogP contribution < -0.4 is 4.74 Å². The van der Waals surface area contributed by atoms with Gasteiger partial charge in [0.25, 0.3) is 0 Å². The van der Waals surface area contributed by atoms with Gasteiger partial charge in [0.05, 0.1) is 17.9 Å². The molecule has 1 fully saturated rings. The van der Waals surface area contributed by atoms with E-state index in [4.69, 9.17) is 4.74 Å². The Morgan fingerprint density at radius 3 is 2.64 bits per heavy atom. The Hall–Kier alpha value is -1.93. The van der Waals surface area contributed by atoms with Crippen molar-refractivity contribution in [1.82, 2.24) is 19.1 Å². The largest absolute Gasteiger partial charge is 0.489 e. The quantitative estimate of drug-likeness (QED) is 0.812. The summed E-state index contributed by atoms with van der Waals surface area (Å²) in [5.41, 5.74) is 1.24. The highest BCUT2D eigenvalue weighted by molar-refractivity contribution is 7.89. The van der Waals surface area contributed by atoms with Crippen LogP contribution in [-0.4, -0.2) is 46.7 Å². The van der Waals surface area contributed by atoms with Gasteiger partial charge in [-0.1, -0.05) is 0 Å². The Kier molecular flexibility index (Phi) is 5.10. The van der Waals surface area contributed by atoms with Crippen molar-refractivity contribution in [1.29, 1.82) is 0 Å². The molecule has 1 atom stereocenters. The Bertz CT molecular complexity index is 833. The van der Waals surface area contributed by atoms with Crippen molar-refractivity contribution >= 4 is 10.0 Å². The predicted molar refractivity (Wildman–Crippen MR) is 94.0 cm³/mol. The summed E-state index contributed by atoms with van der Waals surface area (Å²) in [6, 6.07) is 3.57. The van der Waals surface area contributed by atoms with Gasteiger partial charge in [0.15, 0.2) is 0 Å². The Morgan fingerprint density at radius 2 is 2.00 bits per heavy atom. The molecule has 7 nitrogen and oxygen atoms in total. The average Bonchev–Trinajstić information content (AvgIpc) is 2.90. The fourth-order valence-electron chi connectivity index (χ4n) is 3.32. The van der Waals surface area contributed by atoms with Gasteiger partial charge in [0.2, 0.25) is 10.0 Å². The zero-order chi connectivity index (χ0) is 18.0. The molecule has 0 bridgehead atoms. The topological polar surface area (TPSA) is 77.3 Å². The molecule has 136 valence electrons. The number of pyridine rings is 1. The molecule has 0 N–H and O–H groups in total. The minimum absolute atomic E-state index is 0.159. The zero-order valence-electron chi connectivity index (χ0n) is 14.8. The first-order valence-electron chi connectivity index (χ1n) is 8.54. The Balaban J connectivity index is 1.82. The third-order valence-corrected chi connectivity index (χ3v) is 6.62. The van der Waals surface area contributed by atoms with E-state index in [9.17, 15) is 8.42 Å². The van der Waals surface area contributed by atoms with Crippen molar-refractivity contribution < 1.29 is 13.2 Å². The summed E-state index contributed by atoms with van der Waals surface area (Å²) in [5, 5.41) is 4.35. The highest BCUT2D eigenvalue weighted by Gasteiger charge is 2.34. The highest BCUT2D eigenvalue weighted by Crippen LogP contribution is 2.27. The number of hydrogen-bond donors (Lipinski definition) is 0. The van der Waals surface area contributed by atoms with Crippen molar-refractivity contribution in [3.8, 4) is 5.75 Å². The second-order valence-electron chi connectivity index (χ2n) is 6.24. The van der Waals surface area contributed by atoms with E-state index in [0.717, 1.165) is 12.8 Å². The summed E-state index contributed by atoms with van der Waals surface area (Å²) in [4.78, 5) is 4.30. The summed E-state index contributed by atoms with van der Waals surface area (Å²) in [6.45, 7) is 7.02. The molecule has 2 aromatic rings. The van der Waals surface area contributed by atoms with Gasteiger partial charge in [-0.05, 0) is 45.7 Å². The van der Waals surface area contributed by atoms with E-state index in [1.54, 1.807) is 36.1 Å². The number of rotatable bonds is 5. The van der Waals surface area contributed by atoms with E-state index in [1.807, 2.05) is 13.8 Å². The summed E-state index contributed by atoms with van der Waals surface area (Å²) >= 11 is 0. The van der Waals surface area contributed by atoms with Crippen molar-refractivity contribution in [3.63, 3.8) is 0 Å². The minimum Gasteiger partial charge on any atom is -0.489 e. The monoisotopic (exact) mass is 364 g/mol. The van der Waals surface area contributed by atoms with E-state index in [1.165, 1.54) is 4.31 Å². The van der Waals surface area contributed by atoms with Crippen molar-refractivity contribution in [2.75, 3.05) is 13.1 Å². The first-order valence-corrected chi connectivity index (χ1v) is 9.98. The van der Waals surface area contributed by atoms with Gasteiger partial charge in [-0.25, -0.2) is 8.42 Å². The lowest BCUT2D eigenvalue weighted by atomic mass is 10.1. The lowest BCUT2D eigenvalue weighted by Crippen LogP contribution is -2.44. The molecule has 3 heterocycles. The third kappa shape index (κ3) is 3.55. The number of sulfonamides is 1. The highest BCUT2D eigenvalue weighted by atomic mass is 32.2. The molecular formula is C17H24N4O3S. The molecular weight excluding hydrogens is 340 g/mol. The predicted octanol–water partition coefficient (Wildman–Crippen LogP) is 2.15. The van der Waals surface area contributed by atoms with Crippen LogP contribution in [0.2, 0.25) is 0 Å². The third-order valence-electron chi connectivity index (χ3n) is 4.51. The molecule has 8 heteroatoms. The van der Waals surface area contributed by atoms with Gasteiger partial charge in [-0.3, -0.25) is 9.67 Å². The van der Waals surface area contributed by atoms with Crippen LogP contribution in [-0.2, 0) is 16.6 Å². The second kappa shape index (κ2) is 7.13. The molecule has 0 aromatic carbocycles. The van der Waals surface area contributed by atoms with Gasteiger partial charge >= 0.3 is 0 Å². The van der Waals surface area contributed by atoms with Crippen LogP contribution in [0.3, 0.4) is 0 Å². The molecule has 25 heavy (non-hydrogen) atoms. The van der Waals surface area contributed by atoms with Gasteiger partial charge in [0.1, 0.15) is 16.7 Å². The van der Waals surface area contributed by atoms with Crippen LogP contribution in [0.1, 0.15) is 31.2 Å². The SMILES string of the molecule is CCn1nc(C)c(S(=O)(=O)N2CCCC(Oc3ccncc3)C2)c1C. The van der Waals surface area contributed by atoms with Crippen LogP contribution in [0.15, 0.2) is 29.4 Å². The number of hydrogen-bond acceptors (Lipinski definition) is 5. The number of piperidine rings is 1. The maximum Gasteiger partial charge on any atom is 0.246 e. The number of aryl methyl sites for hydroxylation is 2. The molecule has 1 aliphatic rings. The molecule has 0 spiro atoms. The fraction of sp³-hybridized carbons (Fsp3) is 0.529. The molecule has 0 amide bonds. The zero-order valence-corrected chi connectivity index (χ0v) is 15.7. The number of aromatic nitrogens is 3. The van der Waals surface area contributed by atoms with Gasteiger partial charge in [-0.15, -0.1) is 0 Å². The molecule has 3 rings (SSSR count). The van der Waals surface area contributed by atoms with E-state index >= 15 is 0 Å². The molecule has 0 aliphatic carbocycles. The van der Waals surface area contributed by atoms with Crippen LogP contribution in [0, 0.1) is 13.8 Å². The van der Waals surface area contributed by atoms with Crippen molar-refractivity contribution in [3.05, 3.63) is 35.9 Å². The Labute approximate surface area is 148 Å². The summed E-state index contributed by atoms with van der Waals surface area (Å²) in [6.07, 6.45) is 4.78.